The molecule has 0 bridgehead atoms. The quantitative estimate of drug-likeness (QED) is 0.859. The SMILES string of the molecule is CCN(CC1CCN(C(=O)OC(C)(C)C)CC1)C(=O)C(C)N. The van der Waals surface area contributed by atoms with E-state index in [9.17, 15) is 9.59 Å². The molecule has 1 rings (SSSR count). The van der Waals surface area contributed by atoms with E-state index in [1.807, 2.05) is 32.6 Å². The Hall–Kier alpha value is -1.30. The number of hydrogen-bond donors (Lipinski definition) is 1. The fourth-order valence-electron chi connectivity index (χ4n) is 2.60. The number of likely N-dealkylation sites (N-methyl/N-ethyl adjacent to an activating group) is 1. The average molecular weight is 313 g/mol. The van der Waals surface area contributed by atoms with Gasteiger partial charge in [-0.05, 0) is 53.4 Å². The van der Waals surface area contributed by atoms with Gasteiger partial charge in [0.1, 0.15) is 5.60 Å². The monoisotopic (exact) mass is 313 g/mol. The number of hydrogen-bond acceptors (Lipinski definition) is 4. The molecule has 1 atom stereocenters. The number of rotatable bonds is 4. The molecule has 2 N–H and O–H groups in total. The molecule has 1 saturated heterocycles. The molecule has 1 unspecified atom stereocenters. The first-order valence-electron chi connectivity index (χ1n) is 8.16. The Morgan fingerprint density at radius 2 is 1.86 bits per heavy atom. The number of nitrogens with zero attached hydrogens (tertiary/aromatic N) is 2. The smallest absolute Gasteiger partial charge is 0.410 e. The molecule has 1 heterocycles. The highest BCUT2D eigenvalue weighted by atomic mass is 16.6. The summed E-state index contributed by atoms with van der Waals surface area (Å²) < 4.78 is 5.39. The first-order valence-corrected chi connectivity index (χ1v) is 8.16. The standard InChI is InChI=1S/C16H31N3O3/c1-6-18(14(20)12(2)17)11-13-7-9-19(10-8-13)15(21)22-16(3,4)5/h12-13H,6-11,17H2,1-5H3. The van der Waals surface area contributed by atoms with Crippen LogP contribution in [0.4, 0.5) is 4.79 Å². The number of likely N-dealkylation sites (tertiary alicyclic amines) is 1. The van der Waals surface area contributed by atoms with Gasteiger partial charge in [-0.3, -0.25) is 4.79 Å². The zero-order valence-electron chi connectivity index (χ0n) is 14.6. The molecule has 0 radical (unpaired) electrons. The maximum Gasteiger partial charge on any atom is 0.410 e. The van der Waals surface area contributed by atoms with Gasteiger partial charge in [0.2, 0.25) is 5.91 Å². The molecule has 6 nitrogen and oxygen atoms in total. The van der Waals surface area contributed by atoms with Crippen LogP contribution < -0.4 is 5.73 Å². The van der Waals surface area contributed by atoms with E-state index in [1.165, 1.54) is 0 Å². The van der Waals surface area contributed by atoms with E-state index >= 15 is 0 Å². The van der Waals surface area contributed by atoms with Crippen molar-refractivity contribution in [2.45, 2.75) is 59.1 Å². The Balaban J connectivity index is 2.45. The Morgan fingerprint density at radius 1 is 1.32 bits per heavy atom. The van der Waals surface area contributed by atoms with Crippen molar-refractivity contribution in [2.24, 2.45) is 11.7 Å². The molecule has 2 amide bonds. The van der Waals surface area contributed by atoms with E-state index in [1.54, 1.807) is 11.8 Å². The third-order valence-corrected chi connectivity index (χ3v) is 3.83. The predicted octanol–water partition coefficient (Wildman–Crippen LogP) is 1.83. The van der Waals surface area contributed by atoms with Crippen LogP contribution in [0.2, 0.25) is 0 Å². The molecule has 0 spiro atoms. The van der Waals surface area contributed by atoms with E-state index in [-0.39, 0.29) is 12.0 Å². The summed E-state index contributed by atoms with van der Waals surface area (Å²) in [5.74, 6) is 0.415. The van der Waals surface area contributed by atoms with Crippen molar-refractivity contribution in [3.05, 3.63) is 0 Å². The van der Waals surface area contributed by atoms with Gasteiger partial charge in [0, 0.05) is 26.2 Å². The summed E-state index contributed by atoms with van der Waals surface area (Å²) in [6, 6.07) is -0.457. The van der Waals surface area contributed by atoms with Gasteiger partial charge in [-0.1, -0.05) is 0 Å². The molecule has 128 valence electrons. The molecule has 0 aromatic rings. The average Bonchev–Trinajstić information content (AvgIpc) is 2.42. The van der Waals surface area contributed by atoms with Crippen LogP contribution >= 0.6 is 0 Å². The minimum absolute atomic E-state index is 0.00271. The van der Waals surface area contributed by atoms with Crippen LogP contribution in [-0.2, 0) is 9.53 Å². The van der Waals surface area contributed by atoms with Gasteiger partial charge >= 0.3 is 6.09 Å². The van der Waals surface area contributed by atoms with E-state index in [0.29, 0.717) is 25.6 Å². The Morgan fingerprint density at radius 3 is 2.27 bits per heavy atom. The summed E-state index contributed by atoms with van der Waals surface area (Å²) in [6.07, 6.45) is 1.54. The molecule has 0 aliphatic carbocycles. The Kier molecular flexibility index (Phi) is 6.66. The molecule has 0 aromatic heterocycles. The van der Waals surface area contributed by atoms with Crippen molar-refractivity contribution >= 4 is 12.0 Å². The Bertz CT molecular complexity index is 383. The lowest BCUT2D eigenvalue weighted by molar-refractivity contribution is -0.132. The van der Waals surface area contributed by atoms with Crippen molar-refractivity contribution in [3.8, 4) is 0 Å². The topological polar surface area (TPSA) is 75.9 Å². The van der Waals surface area contributed by atoms with Gasteiger partial charge in [0.05, 0.1) is 6.04 Å². The van der Waals surface area contributed by atoms with Crippen LogP contribution in [0.15, 0.2) is 0 Å². The summed E-state index contributed by atoms with van der Waals surface area (Å²) in [4.78, 5) is 27.6. The molecular weight excluding hydrogens is 282 g/mol. The van der Waals surface area contributed by atoms with E-state index < -0.39 is 11.6 Å². The van der Waals surface area contributed by atoms with Crippen molar-refractivity contribution in [1.82, 2.24) is 9.80 Å². The third-order valence-electron chi connectivity index (χ3n) is 3.83. The van der Waals surface area contributed by atoms with Crippen molar-refractivity contribution in [1.29, 1.82) is 0 Å². The summed E-state index contributed by atoms with van der Waals surface area (Å²) in [6.45, 7) is 12.1. The molecule has 1 aliphatic rings. The van der Waals surface area contributed by atoms with Crippen molar-refractivity contribution < 1.29 is 14.3 Å². The van der Waals surface area contributed by atoms with Gasteiger partial charge in [0.15, 0.2) is 0 Å². The minimum Gasteiger partial charge on any atom is -0.444 e. The fourth-order valence-corrected chi connectivity index (χ4v) is 2.60. The number of ether oxygens (including phenoxy) is 1. The highest BCUT2D eigenvalue weighted by Gasteiger charge is 2.28. The number of nitrogens with two attached hydrogens (primary N) is 1. The number of amides is 2. The van der Waals surface area contributed by atoms with Gasteiger partial charge in [0.25, 0.3) is 0 Å². The molecule has 0 saturated carbocycles. The number of carbonyl (C=O) groups is 2. The van der Waals surface area contributed by atoms with Gasteiger partial charge in [-0.25, -0.2) is 4.79 Å². The molecule has 0 aromatic carbocycles. The summed E-state index contributed by atoms with van der Waals surface area (Å²) in [5.41, 5.74) is 5.22. The highest BCUT2D eigenvalue weighted by molar-refractivity contribution is 5.81. The summed E-state index contributed by atoms with van der Waals surface area (Å²) in [7, 11) is 0. The number of carbonyl (C=O) groups excluding carboxylic acids is 2. The second kappa shape index (κ2) is 7.81. The second-order valence-electron chi connectivity index (χ2n) is 7.08. The van der Waals surface area contributed by atoms with Crippen LogP contribution in [0.1, 0.15) is 47.5 Å². The summed E-state index contributed by atoms with van der Waals surface area (Å²) >= 11 is 0. The fraction of sp³-hybridized carbons (Fsp3) is 0.875. The molecule has 6 heteroatoms. The van der Waals surface area contributed by atoms with Crippen molar-refractivity contribution in [2.75, 3.05) is 26.2 Å². The second-order valence-corrected chi connectivity index (χ2v) is 7.08. The molecule has 1 fully saturated rings. The Labute approximate surface area is 134 Å². The first-order chi connectivity index (χ1) is 10.1. The number of piperidine rings is 1. The zero-order valence-corrected chi connectivity index (χ0v) is 14.6. The zero-order chi connectivity index (χ0) is 16.9. The first kappa shape index (κ1) is 18.7. The van der Waals surface area contributed by atoms with Crippen LogP contribution in [0.5, 0.6) is 0 Å². The lowest BCUT2D eigenvalue weighted by Gasteiger charge is -2.35. The third kappa shape index (κ3) is 5.83. The maximum atomic E-state index is 12.0. The minimum atomic E-state index is -0.462. The van der Waals surface area contributed by atoms with E-state index in [2.05, 4.69) is 0 Å². The van der Waals surface area contributed by atoms with Crippen LogP contribution in [0, 0.1) is 5.92 Å². The molecular formula is C16H31N3O3. The lowest BCUT2D eigenvalue weighted by Crippen LogP contribution is -2.47. The van der Waals surface area contributed by atoms with Crippen LogP contribution in [-0.4, -0.2) is 59.6 Å². The largest absolute Gasteiger partial charge is 0.444 e. The predicted molar refractivity (Wildman–Crippen MR) is 86.4 cm³/mol. The van der Waals surface area contributed by atoms with Crippen molar-refractivity contribution in [3.63, 3.8) is 0 Å². The van der Waals surface area contributed by atoms with E-state index in [4.69, 9.17) is 10.5 Å². The summed E-state index contributed by atoms with van der Waals surface area (Å²) in [5, 5.41) is 0. The van der Waals surface area contributed by atoms with Crippen LogP contribution in [0.3, 0.4) is 0 Å². The normalized spacial score (nSPS) is 18.0. The maximum absolute atomic E-state index is 12.0. The van der Waals surface area contributed by atoms with Gasteiger partial charge < -0.3 is 20.3 Å². The lowest BCUT2D eigenvalue weighted by atomic mass is 9.96. The van der Waals surface area contributed by atoms with E-state index in [0.717, 1.165) is 19.4 Å². The van der Waals surface area contributed by atoms with Gasteiger partial charge in [-0.15, -0.1) is 0 Å². The molecule has 1 aliphatic heterocycles. The van der Waals surface area contributed by atoms with Crippen LogP contribution in [0.25, 0.3) is 0 Å². The highest BCUT2D eigenvalue weighted by Crippen LogP contribution is 2.20. The van der Waals surface area contributed by atoms with Gasteiger partial charge in [-0.2, -0.15) is 0 Å². The molecule has 22 heavy (non-hydrogen) atoms.